The SMILES string of the molecule is CCc1ccsc1C(Cc1ccoc1)NN. The predicted molar refractivity (Wildman–Crippen MR) is 66.2 cm³/mol. The molecule has 2 rings (SSSR count). The Balaban J connectivity index is 2.16. The number of nitrogens with one attached hydrogen (secondary N) is 1. The van der Waals surface area contributed by atoms with Crippen LogP contribution in [0.4, 0.5) is 0 Å². The van der Waals surface area contributed by atoms with Crippen LogP contribution in [0.25, 0.3) is 0 Å². The van der Waals surface area contributed by atoms with E-state index < -0.39 is 0 Å². The third-order valence-electron chi connectivity index (χ3n) is 2.70. The molecule has 16 heavy (non-hydrogen) atoms. The fourth-order valence-corrected chi connectivity index (χ4v) is 2.88. The van der Waals surface area contributed by atoms with Crippen molar-refractivity contribution in [3.05, 3.63) is 46.0 Å². The summed E-state index contributed by atoms with van der Waals surface area (Å²) < 4.78 is 5.07. The minimum absolute atomic E-state index is 0.174. The molecule has 2 heterocycles. The van der Waals surface area contributed by atoms with E-state index in [1.54, 1.807) is 23.9 Å². The van der Waals surface area contributed by atoms with Crippen LogP contribution in [0.2, 0.25) is 0 Å². The van der Waals surface area contributed by atoms with Crippen molar-refractivity contribution in [1.29, 1.82) is 0 Å². The van der Waals surface area contributed by atoms with Crippen LogP contribution in [0.5, 0.6) is 0 Å². The molecule has 0 saturated carbocycles. The number of hydrogen-bond acceptors (Lipinski definition) is 4. The van der Waals surface area contributed by atoms with Crippen molar-refractivity contribution in [3.63, 3.8) is 0 Å². The van der Waals surface area contributed by atoms with Crippen molar-refractivity contribution in [2.24, 2.45) is 5.84 Å². The third-order valence-corrected chi connectivity index (χ3v) is 3.77. The molecule has 0 spiro atoms. The van der Waals surface area contributed by atoms with Gasteiger partial charge in [0.15, 0.2) is 0 Å². The number of hydrazine groups is 1. The van der Waals surface area contributed by atoms with Crippen LogP contribution >= 0.6 is 11.3 Å². The number of thiophene rings is 1. The quantitative estimate of drug-likeness (QED) is 0.620. The lowest BCUT2D eigenvalue weighted by molar-refractivity contribution is 0.539. The zero-order valence-electron chi connectivity index (χ0n) is 9.27. The van der Waals surface area contributed by atoms with Gasteiger partial charge in [-0.05, 0) is 41.5 Å². The first-order valence-corrected chi connectivity index (χ1v) is 6.26. The van der Waals surface area contributed by atoms with E-state index in [2.05, 4.69) is 23.8 Å². The van der Waals surface area contributed by atoms with Gasteiger partial charge in [0, 0.05) is 4.88 Å². The van der Waals surface area contributed by atoms with Gasteiger partial charge >= 0.3 is 0 Å². The molecular weight excluding hydrogens is 220 g/mol. The number of nitrogens with two attached hydrogens (primary N) is 1. The summed E-state index contributed by atoms with van der Waals surface area (Å²) in [5, 5.41) is 2.12. The van der Waals surface area contributed by atoms with Gasteiger partial charge in [-0.2, -0.15) is 0 Å². The molecule has 0 bridgehead atoms. The zero-order chi connectivity index (χ0) is 11.4. The van der Waals surface area contributed by atoms with Crippen molar-refractivity contribution in [1.82, 2.24) is 5.43 Å². The van der Waals surface area contributed by atoms with Crippen LogP contribution in [0.3, 0.4) is 0 Å². The standard InChI is InChI=1S/C12H16N2OS/c1-2-10-4-6-16-12(10)11(14-13)7-9-3-5-15-8-9/h3-6,8,11,14H,2,7,13H2,1H3. The molecule has 3 N–H and O–H groups in total. The van der Waals surface area contributed by atoms with Crippen LogP contribution in [-0.4, -0.2) is 0 Å². The largest absolute Gasteiger partial charge is 0.472 e. The monoisotopic (exact) mass is 236 g/mol. The minimum atomic E-state index is 0.174. The molecule has 0 fully saturated rings. The fraction of sp³-hybridized carbons (Fsp3) is 0.333. The van der Waals surface area contributed by atoms with E-state index in [1.807, 2.05) is 6.07 Å². The summed E-state index contributed by atoms with van der Waals surface area (Å²) in [4.78, 5) is 1.33. The summed E-state index contributed by atoms with van der Waals surface area (Å²) in [5.41, 5.74) is 5.42. The molecule has 0 aromatic carbocycles. The highest BCUT2D eigenvalue weighted by atomic mass is 32.1. The van der Waals surface area contributed by atoms with Gasteiger partial charge < -0.3 is 4.42 Å². The van der Waals surface area contributed by atoms with Gasteiger partial charge in [0.2, 0.25) is 0 Å². The van der Waals surface area contributed by atoms with Gasteiger partial charge in [-0.25, -0.2) is 0 Å². The molecule has 2 aromatic rings. The summed E-state index contributed by atoms with van der Waals surface area (Å²) in [6, 6.07) is 4.32. The minimum Gasteiger partial charge on any atom is -0.472 e. The lowest BCUT2D eigenvalue weighted by Crippen LogP contribution is -2.29. The summed E-state index contributed by atoms with van der Waals surface area (Å²) in [5.74, 6) is 5.63. The van der Waals surface area contributed by atoms with E-state index >= 15 is 0 Å². The topological polar surface area (TPSA) is 51.2 Å². The molecule has 0 aliphatic carbocycles. The zero-order valence-corrected chi connectivity index (χ0v) is 10.1. The summed E-state index contributed by atoms with van der Waals surface area (Å²) in [7, 11) is 0. The Bertz CT molecular complexity index is 422. The number of hydrogen-bond donors (Lipinski definition) is 2. The molecule has 86 valence electrons. The van der Waals surface area contributed by atoms with E-state index in [-0.39, 0.29) is 6.04 Å². The molecule has 0 aliphatic heterocycles. The molecule has 0 amide bonds. The van der Waals surface area contributed by atoms with Crippen molar-refractivity contribution < 1.29 is 4.42 Å². The molecule has 4 heteroatoms. The van der Waals surface area contributed by atoms with E-state index in [9.17, 15) is 0 Å². The second kappa shape index (κ2) is 5.30. The maximum Gasteiger partial charge on any atom is 0.0935 e. The Morgan fingerprint density at radius 3 is 3.00 bits per heavy atom. The fourth-order valence-electron chi connectivity index (χ4n) is 1.82. The van der Waals surface area contributed by atoms with Crippen molar-refractivity contribution in [2.45, 2.75) is 25.8 Å². The van der Waals surface area contributed by atoms with E-state index in [4.69, 9.17) is 10.3 Å². The third kappa shape index (κ3) is 2.35. The summed E-state index contributed by atoms with van der Waals surface area (Å²) in [6.45, 7) is 2.16. The Hall–Kier alpha value is -1.10. The second-order valence-corrected chi connectivity index (χ2v) is 4.67. The van der Waals surface area contributed by atoms with Crippen LogP contribution in [-0.2, 0) is 12.8 Å². The van der Waals surface area contributed by atoms with Crippen LogP contribution in [0.1, 0.15) is 29.0 Å². The van der Waals surface area contributed by atoms with Gasteiger partial charge in [0.25, 0.3) is 0 Å². The normalized spacial score (nSPS) is 12.9. The Labute approximate surface area is 99.2 Å². The molecule has 0 saturated heterocycles. The number of furan rings is 1. The lowest BCUT2D eigenvalue weighted by atomic mass is 10.0. The van der Waals surface area contributed by atoms with Gasteiger partial charge in [-0.15, -0.1) is 11.3 Å². The molecule has 1 unspecified atom stereocenters. The molecule has 3 nitrogen and oxygen atoms in total. The van der Waals surface area contributed by atoms with Crippen LogP contribution in [0.15, 0.2) is 34.5 Å². The van der Waals surface area contributed by atoms with E-state index in [1.165, 1.54) is 16.0 Å². The van der Waals surface area contributed by atoms with Crippen LogP contribution < -0.4 is 11.3 Å². The number of aryl methyl sites for hydroxylation is 1. The highest BCUT2D eigenvalue weighted by Crippen LogP contribution is 2.27. The summed E-state index contributed by atoms with van der Waals surface area (Å²) >= 11 is 1.76. The molecular formula is C12H16N2OS. The Kier molecular flexibility index (Phi) is 3.77. The first-order chi connectivity index (χ1) is 7.85. The summed E-state index contributed by atoms with van der Waals surface area (Å²) in [6.07, 6.45) is 5.37. The van der Waals surface area contributed by atoms with E-state index in [0.29, 0.717) is 0 Å². The average molecular weight is 236 g/mol. The highest BCUT2D eigenvalue weighted by Gasteiger charge is 2.15. The number of rotatable bonds is 5. The lowest BCUT2D eigenvalue weighted by Gasteiger charge is -2.15. The predicted octanol–water partition coefficient (Wildman–Crippen LogP) is 2.65. The van der Waals surface area contributed by atoms with Crippen molar-refractivity contribution in [3.8, 4) is 0 Å². The van der Waals surface area contributed by atoms with Gasteiger partial charge in [-0.1, -0.05) is 6.92 Å². The van der Waals surface area contributed by atoms with Gasteiger partial charge in [0.05, 0.1) is 18.6 Å². The average Bonchev–Trinajstić information content (AvgIpc) is 2.96. The van der Waals surface area contributed by atoms with Crippen molar-refractivity contribution >= 4 is 11.3 Å². The van der Waals surface area contributed by atoms with Gasteiger partial charge in [-0.3, -0.25) is 11.3 Å². The molecule has 2 aromatic heterocycles. The first kappa shape index (κ1) is 11.4. The Morgan fingerprint density at radius 2 is 2.38 bits per heavy atom. The van der Waals surface area contributed by atoms with Crippen molar-refractivity contribution in [2.75, 3.05) is 0 Å². The Morgan fingerprint density at radius 1 is 1.50 bits per heavy atom. The second-order valence-electron chi connectivity index (χ2n) is 3.72. The first-order valence-electron chi connectivity index (χ1n) is 5.38. The smallest absolute Gasteiger partial charge is 0.0935 e. The van der Waals surface area contributed by atoms with Gasteiger partial charge in [0.1, 0.15) is 0 Å². The maximum absolute atomic E-state index is 5.63. The van der Waals surface area contributed by atoms with E-state index in [0.717, 1.165) is 12.8 Å². The molecule has 0 aliphatic rings. The molecule has 0 radical (unpaired) electrons. The maximum atomic E-state index is 5.63. The molecule has 1 atom stereocenters. The van der Waals surface area contributed by atoms with Crippen LogP contribution in [0, 0.1) is 0 Å². The highest BCUT2D eigenvalue weighted by molar-refractivity contribution is 7.10.